The molecule has 0 atom stereocenters. The van der Waals surface area contributed by atoms with Crippen LogP contribution in [0.4, 0.5) is 5.69 Å². The zero-order valence-corrected chi connectivity index (χ0v) is 13.0. The van der Waals surface area contributed by atoms with Crippen molar-refractivity contribution in [2.75, 3.05) is 25.1 Å². The van der Waals surface area contributed by atoms with Gasteiger partial charge in [0.25, 0.3) is 0 Å². The van der Waals surface area contributed by atoms with Crippen LogP contribution in [-0.2, 0) is 4.74 Å². The van der Waals surface area contributed by atoms with Crippen molar-refractivity contribution in [1.82, 2.24) is 5.43 Å². The molecule has 0 aromatic heterocycles. The van der Waals surface area contributed by atoms with E-state index in [0.29, 0.717) is 12.5 Å². The van der Waals surface area contributed by atoms with E-state index in [9.17, 15) is 0 Å². The predicted octanol–water partition coefficient (Wildman–Crippen LogP) is 2.42. The summed E-state index contributed by atoms with van der Waals surface area (Å²) in [6, 6.07) is 5.97. The molecular formula is C13H21BrN4O. The maximum atomic E-state index is 5.45. The molecule has 0 aliphatic heterocycles. The second-order valence-electron chi connectivity index (χ2n) is 4.01. The Morgan fingerprint density at radius 3 is 2.89 bits per heavy atom. The average Bonchev–Trinajstić information content (AvgIpc) is 2.41. The second-order valence-corrected chi connectivity index (χ2v) is 4.87. The monoisotopic (exact) mass is 328 g/mol. The van der Waals surface area contributed by atoms with Gasteiger partial charge in [-0.2, -0.15) is 0 Å². The van der Waals surface area contributed by atoms with Crippen LogP contribution in [-0.4, -0.2) is 25.7 Å². The van der Waals surface area contributed by atoms with Crippen molar-refractivity contribution in [2.24, 2.45) is 10.8 Å². The van der Waals surface area contributed by atoms with Crippen molar-refractivity contribution in [3.63, 3.8) is 0 Å². The molecule has 5 nitrogen and oxygen atoms in total. The minimum Gasteiger partial charge on any atom is -0.382 e. The number of halogens is 1. The highest BCUT2D eigenvalue weighted by Crippen LogP contribution is 2.19. The summed E-state index contributed by atoms with van der Waals surface area (Å²) in [5.41, 5.74) is 4.66. The topological polar surface area (TPSA) is 71.7 Å². The molecule has 19 heavy (non-hydrogen) atoms. The molecule has 106 valence electrons. The van der Waals surface area contributed by atoms with Gasteiger partial charge in [-0.1, -0.05) is 15.9 Å². The number of ether oxygens (including phenoxy) is 1. The van der Waals surface area contributed by atoms with Crippen molar-refractivity contribution < 1.29 is 4.74 Å². The molecule has 0 bridgehead atoms. The molecule has 0 aliphatic rings. The van der Waals surface area contributed by atoms with Crippen LogP contribution >= 0.6 is 15.9 Å². The number of guanidine groups is 1. The molecule has 0 unspecified atom stereocenters. The van der Waals surface area contributed by atoms with E-state index in [1.165, 1.54) is 0 Å². The minimum absolute atomic E-state index is 0.554. The molecule has 0 amide bonds. The lowest BCUT2D eigenvalue weighted by Crippen LogP contribution is -2.36. The maximum Gasteiger partial charge on any atom is 0.210 e. The molecular weight excluding hydrogens is 308 g/mol. The number of anilines is 1. The van der Waals surface area contributed by atoms with Gasteiger partial charge in [-0.25, -0.2) is 5.84 Å². The summed E-state index contributed by atoms with van der Waals surface area (Å²) in [6.45, 7) is 6.14. The predicted molar refractivity (Wildman–Crippen MR) is 83.2 cm³/mol. The first-order valence-electron chi connectivity index (χ1n) is 6.29. The van der Waals surface area contributed by atoms with Gasteiger partial charge in [0.1, 0.15) is 0 Å². The van der Waals surface area contributed by atoms with E-state index >= 15 is 0 Å². The number of nitrogens with two attached hydrogens (primary N) is 1. The van der Waals surface area contributed by atoms with Crippen LogP contribution in [0.15, 0.2) is 27.7 Å². The Hall–Kier alpha value is -1.11. The number of rotatable bonds is 6. The number of hydrogen-bond donors (Lipinski definition) is 3. The third-order valence-electron chi connectivity index (χ3n) is 2.48. The van der Waals surface area contributed by atoms with Crippen LogP contribution in [0.3, 0.4) is 0 Å². The highest BCUT2D eigenvalue weighted by atomic mass is 79.9. The standard InChI is InChI=1S/C13H21BrN4O/c1-3-19-8-4-7-16-13(18-15)17-11-5-6-12(14)10(2)9-11/h5-6,9H,3-4,7-8,15H2,1-2H3,(H2,16,17,18). The zero-order valence-electron chi connectivity index (χ0n) is 11.4. The highest BCUT2D eigenvalue weighted by molar-refractivity contribution is 9.10. The van der Waals surface area contributed by atoms with E-state index in [1.54, 1.807) is 0 Å². The SMILES string of the molecule is CCOCCCN=C(NN)Nc1ccc(Br)c(C)c1. The fraction of sp³-hybridized carbons (Fsp3) is 0.462. The van der Waals surface area contributed by atoms with Crippen molar-refractivity contribution in [1.29, 1.82) is 0 Å². The number of aryl methyl sites for hydroxylation is 1. The van der Waals surface area contributed by atoms with Gasteiger partial charge >= 0.3 is 0 Å². The fourth-order valence-corrected chi connectivity index (χ4v) is 1.73. The van der Waals surface area contributed by atoms with E-state index in [-0.39, 0.29) is 0 Å². The lowest BCUT2D eigenvalue weighted by atomic mass is 10.2. The number of aliphatic imine (C=N–C) groups is 1. The molecule has 0 saturated heterocycles. The summed E-state index contributed by atoms with van der Waals surface area (Å²) < 4.78 is 6.33. The van der Waals surface area contributed by atoms with Gasteiger partial charge in [0, 0.05) is 29.9 Å². The summed E-state index contributed by atoms with van der Waals surface area (Å²) in [4.78, 5) is 4.34. The molecule has 0 saturated carbocycles. The quantitative estimate of drug-likeness (QED) is 0.246. The highest BCUT2D eigenvalue weighted by Gasteiger charge is 2.00. The first-order chi connectivity index (χ1) is 9.17. The Bertz CT molecular complexity index is 423. The lowest BCUT2D eigenvalue weighted by Gasteiger charge is -2.10. The van der Waals surface area contributed by atoms with Gasteiger partial charge in [-0.15, -0.1) is 0 Å². The molecule has 1 rings (SSSR count). The van der Waals surface area contributed by atoms with Crippen molar-refractivity contribution in [2.45, 2.75) is 20.3 Å². The maximum absolute atomic E-state index is 5.45. The largest absolute Gasteiger partial charge is 0.382 e. The number of benzene rings is 1. The smallest absolute Gasteiger partial charge is 0.210 e. The molecule has 0 heterocycles. The van der Waals surface area contributed by atoms with E-state index in [2.05, 4.69) is 31.7 Å². The molecule has 0 radical (unpaired) electrons. The summed E-state index contributed by atoms with van der Waals surface area (Å²) in [5, 5.41) is 3.14. The summed E-state index contributed by atoms with van der Waals surface area (Å²) in [6.07, 6.45) is 0.875. The Morgan fingerprint density at radius 1 is 1.47 bits per heavy atom. The van der Waals surface area contributed by atoms with E-state index in [4.69, 9.17) is 10.6 Å². The first kappa shape index (κ1) is 15.9. The van der Waals surface area contributed by atoms with Crippen LogP contribution in [0, 0.1) is 6.92 Å². The lowest BCUT2D eigenvalue weighted by molar-refractivity contribution is 0.146. The molecule has 0 aliphatic carbocycles. The third kappa shape index (κ3) is 6.04. The number of hydrazine groups is 1. The van der Waals surface area contributed by atoms with Gasteiger partial charge in [0.15, 0.2) is 0 Å². The van der Waals surface area contributed by atoms with Gasteiger partial charge in [-0.3, -0.25) is 10.4 Å². The Morgan fingerprint density at radius 2 is 2.26 bits per heavy atom. The average molecular weight is 329 g/mol. The Kier molecular flexibility index (Phi) is 7.47. The van der Waals surface area contributed by atoms with Gasteiger partial charge in [0.05, 0.1) is 0 Å². The van der Waals surface area contributed by atoms with Crippen molar-refractivity contribution in [3.8, 4) is 0 Å². The molecule has 1 aromatic carbocycles. The number of nitrogens with one attached hydrogen (secondary N) is 2. The molecule has 6 heteroatoms. The molecule has 1 aromatic rings. The number of hydrogen-bond acceptors (Lipinski definition) is 3. The van der Waals surface area contributed by atoms with Crippen LogP contribution in [0.1, 0.15) is 18.9 Å². The van der Waals surface area contributed by atoms with E-state index in [1.807, 2.05) is 32.0 Å². The fourth-order valence-electron chi connectivity index (χ4n) is 1.48. The minimum atomic E-state index is 0.554. The van der Waals surface area contributed by atoms with Gasteiger partial charge in [-0.05, 0) is 44.0 Å². The van der Waals surface area contributed by atoms with Gasteiger partial charge in [0.2, 0.25) is 5.96 Å². The number of nitrogens with zero attached hydrogens (tertiary/aromatic N) is 1. The van der Waals surface area contributed by atoms with Crippen LogP contribution in [0.2, 0.25) is 0 Å². The van der Waals surface area contributed by atoms with E-state index < -0.39 is 0 Å². The van der Waals surface area contributed by atoms with Crippen LogP contribution in [0.25, 0.3) is 0 Å². The normalized spacial score (nSPS) is 11.5. The van der Waals surface area contributed by atoms with E-state index in [0.717, 1.165) is 35.4 Å². The van der Waals surface area contributed by atoms with Gasteiger partial charge < -0.3 is 10.1 Å². The Labute approximate surface area is 122 Å². The molecule has 0 fully saturated rings. The summed E-state index contributed by atoms with van der Waals surface area (Å²) in [5.74, 6) is 6.00. The van der Waals surface area contributed by atoms with Crippen LogP contribution < -0.4 is 16.6 Å². The zero-order chi connectivity index (χ0) is 14.1. The summed E-state index contributed by atoms with van der Waals surface area (Å²) in [7, 11) is 0. The Balaban J connectivity index is 2.50. The van der Waals surface area contributed by atoms with Crippen molar-refractivity contribution in [3.05, 3.63) is 28.2 Å². The third-order valence-corrected chi connectivity index (χ3v) is 3.37. The first-order valence-corrected chi connectivity index (χ1v) is 7.08. The molecule has 4 N–H and O–H groups in total. The van der Waals surface area contributed by atoms with Crippen molar-refractivity contribution >= 4 is 27.6 Å². The van der Waals surface area contributed by atoms with Crippen LogP contribution in [0.5, 0.6) is 0 Å². The second kappa shape index (κ2) is 8.90. The molecule has 0 spiro atoms. The summed E-state index contributed by atoms with van der Waals surface area (Å²) >= 11 is 3.47.